The van der Waals surface area contributed by atoms with Crippen LogP contribution < -0.4 is 4.90 Å². The monoisotopic (exact) mass is 381 g/mol. The van der Waals surface area contributed by atoms with Crippen molar-refractivity contribution in [3.05, 3.63) is 58.7 Å². The molecule has 0 amide bonds. The zero-order chi connectivity index (χ0) is 20.8. The van der Waals surface area contributed by atoms with Crippen LogP contribution in [0.2, 0.25) is 0 Å². The van der Waals surface area contributed by atoms with Crippen LogP contribution in [0.5, 0.6) is 5.75 Å². The molecule has 0 fully saturated rings. The zero-order valence-corrected chi connectivity index (χ0v) is 15.6. The minimum absolute atomic E-state index is 0.0138. The molecule has 0 atom stereocenters. The number of carboxylic acid groups (broad SMARTS) is 1. The predicted molar refractivity (Wildman–Crippen MR) is 103 cm³/mol. The summed E-state index contributed by atoms with van der Waals surface area (Å²) in [6.45, 7) is 0. The topological polar surface area (TPSA) is 104 Å². The quantitative estimate of drug-likeness (QED) is 0.463. The summed E-state index contributed by atoms with van der Waals surface area (Å²) >= 11 is 0. The maximum Gasteiger partial charge on any atom is 0.372 e. The van der Waals surface area contributed by atoms with Gasteiger partial charge in [0.05, 0.1) is 12.8 Å². The molecule has 2 aromatic carbocycles. The van der Waals surface area contributed by atoms with E-state index in [0.29, 0.717) is 22.4 Å². The highest BCUT2D eigenvalue weighted by atomic mass is 16.5. The molecular formula is C21H19NO6. The lowest BCUT2D eigenvalue weighted by Gasteiger charge is -2.16. The number of aliphatic carboxylic acids is 1. The third-order valence-corrected chi connectivity index (χ3v) is 3.90. The summed E-state index contributed by atoms with van der Waals surface area (Å²) in [5.74, 6) is 2.70. The number of ether oxygens (including phenoxy) is 1. The Morgan fingerprint density at radius 3 is 2.25 bits per heavy atom. The maximum atomic E-state index is 11.8. The highest BCUT2D eigenvalue weighted by molar-refractivity contribution is 6.33. The average Bonchev–Trinajstić information content (AvgIpc) is 2.67. The second-order valence-corrected chi connectivity index (χ2v) is 6.12. The van der Waals surface area contributed by atoms with E-state index in [0.717, 1.165) is 0 Å². The summed E-state index contributed by atoms with van der Waals surface area (Å²) in [4.78, 5) is 35.4. The van der Waals surface area contributed by atoms with Gasteiger partial charge in [0, 0.05) is 37.7 Å². The summed E-state index contributed by atoms with van der Waals surface area (Å²) in [5.41, 5.74) is 2.38. The minimum Gasteiger partial charge on any atom is -0.507 e. The van der Waals surface area contributed by atoms with E-state index in [2.05, 4.69) is 16.6 Å². The largest absolute Gasteiger partial charge is 0.507 e. The number of aromatic hydroxyl groups is 1. The van der Waals surface area contributed by atoms with E-state index >= 15 is 0 Å². The van der Waals surface area contributed by atoms with Crippen LogP contribution in [0.4, 0.5) is 5.69 Å². The number of ketones is 1. The van der Waals surface area contributed by atoms with Gasteiger partial charge in [0.2, 0.25) is 5.78 Å². The van der Waals surface area contributed by atoms with Crippen molar-refractivity contribution >= 4 is 23.4 Å². The number of nitrogens with zero attached hydrogens (tertiary/aromatic N) is 1. The number of benzene rings is 2. The highest BCUT2D eigenvalue weighted by Crippen LogP contribution is 2.28. The Hall–Kier alpha value is -3.79. The normalized spacial score (nSPS) is 9.82. The van der Waals surface area contributed by atoms with Gasteiger partial charge in [-0.2, -0.15) is 0 Å². The molecule has 0 spiro atoms. The van der Waals surface area contributed by atoms with Crippen LogP contribution >= 0.6 is 0 Å². The first-order chi connectivity index (χ1) is 13.2. The van der Waals surface area contributed by atoms with Gasteiger partial charge in [-0.1, -0.05) is 24.0 Å². The predicted octanol–water partition coefficient (Wildman–Crippen LogP) is 1.84. The number of phenolic OH excluding ortho intramolecular Hbond substituents is 1. The van der Waals surface area contributed by atoms with Crippen LogP contribution in [0.1, 0.15) is 27.0 Å². The Kier molecular flexibility index (Phi) is 6.40. The zero-order valence-electron chi connectivity index (χ0n) is 15.6. The smallest absolute Gasteiger partial charge is 0.372 e. The molecule has 144 valence electrons. The summed E-state index contributed by atoms with van der Waals surface area (Å²) < 4.78 is 4.67. The summed E-state index contributed by atoms with van der Waals surface area (Å²) in [6.07, 6.45) is -0.186. The molecule has 7 nitrogen and oxygen atoms in total. The van der Waals surface area contributed by atoms with E-state index in [4.69, 9.17) is 5.11 Å². The van der Waals surface area contributed by atoms with Gasteiger partial charge in [-0.15, -0.1) is 0 Å². The number of carboxylic acids is 1. The van der Waals surface area contributed by atoms with Gasteiger partial charge in [0.15, 0.2) is 0 Å². The van der Waals surface area contributed by atoms with Crippen molar-refractivity contribution < 1.29 is 29.3 Å². The van der Waals surface area contributed by atoms with Crippen LogP contribution in [0.15, 0.2) is 36.4 Å². The van der Waals surface area contributed by atoms with Gasteiger partial charge in [-0.05, 0) is 23.8 Å². The third kappa shape index (κ3) is 4.89. The van der Waals surface area contributed by atoms with Crippen LogP contribution in [0, 0.1) is 11.8 Å². The summed E-state index contributed by atoms with van der Waals surface area (Å²) in [5, 5.41) is 18.7. The van der Waals surface area contributed by atoms with Crippen LogP contribution in [0.25, 0.3) is 0 Å². The average molecular weight is 381 g/mol. The molecular weight excluding hydrogens is 362 g/mol. The van der Waals surface area contributed by atoms with Crippen molar-refractivity contribution in [3.8, 4) is 17.6 Å². The van der Waals surface area contributed by atoms with Crippen molar-refractivity contribution in [2.45, 2.75) is 6.42 Å². The third-order valence-electron chi connectivity index (χ3n) is 3.90. The van der Waals surface area contributed by atoms with Gasteiger partial charge in [-0.3, -0.25) is 4.79 Å². The molecule has 0 saturated carbocycles. The lowest BCUT2D eigenvalue weighted by atomic mass is 10.0. The molecule has 0 radical (unpaired) electrons. The van der Waals surface area contributed by atoms with Crippen molar-refractivity contribution in [1.29, 1.82) is 0 Å². The van der Waals surface area contributed by atoms with Gasteiger partial charge in [0.1, 0.15) is 11.3 Å². The number of phenols is 1. The summed E-state index contributed by atoms with van der Waals surface area (Å²) in [7, 11) is 4.79. The fourth-order valence-electron chi connectivity index (χ4n) is 2.43. The fourth-order valence-corrected chi connectivity index (χ4v) is 2.43. The lowest BCUT2D eigenvalue weighted by molar-refractivity contribution is -0.148. The SMILES string of the molecule is COC(=O)c1cc(C#Cc2ccc(CC(=O)C(=O)O)cc2)c(N(C)C)cc1O. The maximum absolute atomic E-state index is 11.8. The number of rotatable bonds is 5. The van der Waals surface area contributed by atoms with E-state index in [1.165, 1.54) is 19.2 Å². The molecule has 0 aliphatic heterocycles. The molecule has 7 heteroatoms. The van der Waals surface area contributed by atoms with Crippen molar-refractivity contribution in [2.24, 2.45) is 0 Å². The fraction of sp³-hybridized carbons (Fsp3) is 0.190. The minimum atomic E-state index is -1.46. The van der Waals surface area contributed by atoms with Crippen molar-refractivity contribution in [2.75, 3.05) is 26.1 Å². The van der Waals surface area contributed by atoms with E-state index in [1.807, 2.05) is 0 Å². The number of Topliss-reactive ketones (excluding diaryl/α,β-unsaturated/α-hetero) is 1. The van der Waals surface area contributed by atoms with E-state index < -0.39 is 17.7 Å². The molecule has 0 aliphatic carbocycles. The molecule has 2 rings (SSSR count). The highest BCUT2D eigenvalue weighted by Gasteiger charge is 2.16. The van der Waals surface area contributed by atoms with Gasteiger partial charge < -0.3 is 19.8 Å². The Morgan fingerprint density at radius 1 is 1.07 bits per heavy atom. The van der Waals surface area contributed by atoms with E-state index in [1.54, 1.807) is 43.3 Å². The number of hydrogen-bond donors (Lipinski definition) is 2. The first kappa shape index (κ1) is 20.5. The number of esters is 1. The molecule has 0 saturated heterocycles. The number of carbonyl (C=O) groups excluding carboxylic acids is 2. The number of hydrogen-bond acceptors (Lipinski definition) is 6. The lowest BCUT2D eigenvalue weighted by Crippen LogP contribution is -2.14. The molecule has 0 aliphatic rings. The molecule has 2 N–H and O–H groups in total. The van der Waals surface area contributed by atoms with Gasteiger partial charge >= 0.3 is 11.9 Å². The van der Waals surface area contributed by atoms with E-state index in [-0.39, 0.29) is 17.7 Å². The molecule has 28 heavy (non-hydrogen) atoms. The number of anilines is 1. The molecule has 0 aromatic heterocycles. The van der Waals surface area contributed by atoms with Crippen LogP contribution in [-0.2, 0) is 20.7 Å². The molecule has 0 heterocycles. The molecule has 0 bridgehead atoms. The Morgan fingerprint density at radius 2 is 1.71 bits per heavy atom. The first-order valence-electron chi connectivity index (χ1n) is 8.22. The molecule has 0 unspecified atom stereocenters. The van der Waals surface area contributed by atoms with Gasteiger partial charge in [-0.25, -0.2) is 9.59 Å². The molecule has 2 aromatic rings. The van der Waals surface area contributed by atoms with Crippen molar-refractivity contribution in [3.63, 3.8) is 0 Å². The first-order valence-corrected chi connectivity index (χ1v) is 8.22. The second kappa shape index (κ2) is 8.73. The van der Waals surface area contributed by atoms with Crippen LogP contribution in [0.3, 0.4) is 0 Å². The summed E-state index contributed by atoms with van der Waals surface area (Å²) in [6, 6.07) is 9.52. The standard InChI is InChI=1S/C21H19NO6/c1-22(2)17-12-18(23)16(21(27)28-3)11-15(17)9-8-13-4-6-14(7-5-13)10-19(24)20(25)26/h4-7,11-12,23H,10H2,1-3H3,(H,25,26). The number of carbonyl (C=O) groups is 3. The second-order valence-electron chi connectivity index (χ2n) is 6.12. The van der Waals surface area contributed by atoms with Crippen molar-refractivity contribution in [1.82, 2.24) is 0 Å². The van der Waals surface area contributed by atoms with Crippen LogP contribution in [-0.4, -0.2) is 49.1 Å². The number of methoxy groups -OCH3 is 1. The van der Waals surface area contributed by atoms with Gasteiger partial charge in [0.25, 0.3) is 0 Å². The Labute approximate surface area is 162 Å². The Balaban J connectivity index is 2.35. The Bertz CT molecular complexity index is 980. The van der Waals surface area contributed by atoms with E-state index in [9.17, 15) is 19.5 Å².